The Hall–Kier alpha value is -1.47. The molecule has 7 heteroatoms. The highest BCUT2D eigenvalue weighted by Crippen LogP contribution is 2.20. The Labute approximate surface area is 144 Å². The van der Waals surface area contributed by atoms with Crippen molar-refractivity contribution in [1.29, 1.82) is 0 Å². The van der Waals surface area contributed by atoms with Crippen molar-refractivity contribution in [2.75, 3.05) is 39.3 Å². The van der Waals surface area contributed by atoms with E-state index >= 15 is 0 Å². The maximum atomic E-state index is 13.1. The van der Waals surface area contributed by atoms with Gasteiger partial charge in [-0.25, -0.2) is 4.39 Å². The number of rotatable bonds is 5. The molecule has 1 saturated heterocycles. The van der Waals surface area contributed by atoms with E-state index in [0.29, 0.717) is 49.3 Å². The zero-order valence-corrected chi connectivity index (χ0v) is 14.7. The summed E-state index contributed by atoms with van der Waals surface area (Å²) >= 11 is 3.23. The normalized spacial score (nSPS) is 15.5. The lowest BCUT2D eigenvalue weighted by Crippen LogP contribution is -2.51. The van der Waals surface area contributed by atoms with Crippen molar-refractivity contribution < 1.29 is 14.0 Å². The van der Waals surface area contributed by atoms with E-state index in [4.69, 9.17) is 0 Å². The molecule has 23 heavy (non-hydrogen) atoms. The van der Waals surface area contributed by atoms with Crippen molar-refractivity contribution in [3.8, 4) is 0 Å². The van der Waals surface area contributed by atoms with E-state index in [-0.39, 0.29) is 17.6 Å². The zero-order chi connectivity index (χ0) is 16.8. The third kappa shape index (κ3) is 5.00. The molecular formula is C16H21BrFN3O2. The monoisotopic (exact) mass is 385 g/mol. The van der Waals surface area contributed by atoms with Crippen molar-refractivity contribution in [2.45, 2.75) is 13.3 Å². The molecule has 0 saturated carbocycles. The molecule has 0 unspecified atom stereocenters. The molecule has 0 atom stereocenters. The van der Waals surface area contributed by atoms with Crippen LogP contribution in [0.3, 0.4) is 0 Å². The number of nitrogens with one attached hydrogen (secondary N) is 1. The van der Waals surface area contributed by atoms with E-state index in [1.54, 1.807) is 4.90 Å². The second kappa shape index (κ2) is 8.40. The topological polar surface area (TPSA) is 52.7 Å². The number of benzene rings is 1. The molecule has 1 aliphatic heterocycles. The maximum absolute atomic E-state index is 13.1. The van der Waals surface area contributed by atoms with Gasteiger partial charge in [-0.15, -0.1) is 0 Å². The summed E-state index contributed by atoms with van der Waals surface area (Å²) in [5.41, 5.74) is 0.459. The van der Waals surface area contributed by atoms with Crippen molar-refractivity contribution >= 4 is 27.7 Å². The van der Waals surface area contributed by atoms with Crippen LogP contribution in [0.1, 0.15) is 23.7 Å². The highest BCUT2D eigenvalue weighted by Gasteiger charge is 2.24. The van der Waals surface area contributed by atoms with Crippen molar-refractivity contribution in [2.24, 2.45) is 0 Å². The number of halogens is 2. The van der Waals surface area contributed by atoms with E-state index in [9.17, 15) is 14.0 Å². The van der Waals surface area contributed by atoms with Crippen LogP contribution < -0.4 is 5.32 Å². The van der Waals surface area contributed by atoms with Crippen LogP contribution in [0.2, 0.25) is 0 Å². The van der Waals surface area contributed by atoms with Crippen LogP contribution in [-0.4, -0.2) is 60.9 Å². The van der Waals surface area contributed by atoms with Crippen LogP contribution in [0.15, 0.2) is 22.7 Å². The number of carbonyl (C=O) groups excluding carboxylic acids is 2. The lowest BCUT2D eigenvalue weighted by atomic mass is 10.1. The van der Waals surface area contributed by atoms with E-state index in [1.165, 1.54) is 18.2 Å². The third-order valence-corrected chi connectivity index (χ3v) is 4.42. The van der Waals surface area contributed by atoms with Crippen LogP contribution in [0.5, 0.6) is 0 Å². The first-order chi connectivity index (χ1) is 11.0. The van der Waals surface area contributed by atoms with Gasteiger partial charge in [0.25, 0.3) is 5.91 Å². The number of carbonyl (C=O) groups is 2. The van der Waals surface area contributed by atoms with Gasteiger partial charge in [0.05, 0.1) is 12.1 Å². The molecule has 0 spiro atoms. The predicted molar refractivity (Wildman–Crippen MR) is 89.7 cm³/mol. The summed E-state index contributed by atoms with van der Waals surface area (Å²) in [4.78, 5) is 28.0. The van der Waals surface area contributed by atoms with Gasteiger partial charge >= 0.3 is 0 Å². The molecule has 1 fully saturated rings. The molecular weight excluding hydrogens is 365 g/mol. The summed E-state index contributed by atoms with van der Waals surface area (Å²) in [5, 5.41) is 2.85. The smallest absolute Gasteiger partial charge is 0.255 e. The molecule has 1 aliphatic rings. The van der Waals surface area contributed by atoms with Crippen LogP contribution in [-0.2, 0) is 4.79 Å². The van der Waals surface area contributed by atoms with Gasteiger partial charge in [-0.05, 0) is 40.5 Å². The first-order valence-electron chi connectivity index (χ1n) is 7.74. The van der Waals surface area contributed by atoms with Crippen molar-refractivity contribution in [3.05, 3.63) is 34.1 Å². The first-order valence-corrected chi connectivity index (χ1v) is 8.54. The largest absolute Gasteiger partial charge is 0.355 e. The average molecular weight is 386 g/mol. The Kier molecular flexibility index (Phi) is 6.53. The number of amides is 2. The molecule has 0 aromatic heterocycles. The fourth-order valence-electron chi connectivity index (χ4n) is 2.47. The maximum Gasteiger partial charge on any atom is 0.255 e. The van der Waals surface area contributed by atoms with Gasteiger partial charge in [0.15, 0.2) is 0 Å². The Morgan fingerprint density at radius 1 is 1.26 bits per heavy atom. The van der Waals surface area contributed by atoms with Gasteiger partial charge in [0, 0.05) is 37.2 Å². The molecule has 1 N–H and O–H groups in total. The van der Waals surface area contributed by atoms with Gasteiger partial charge in [0.2, 0.25) is 5.91 Å². The molecule has 2 amide bonds. The van der Waals surface area contributed by atoms with E-state index in [0.717, 1.165) is 6.42 Å². The number of hydrogen-bond donors (Lipinski definition) is 1. The standard InChI is InChI=1S/C16H21BrFN3O2/c1-2-5-19-15(22)11-20-6-8-21(9-7-20)16(23)13-4-3-12(18)10-14(13)17/h3-4,10H,2,5-9,11H2,1H3,(H,19,22). The SMILES string of the molecule is CCCNC(=O)CN1CCN(C(=O)c2ccc(F)cc2Br)CC1. The van der Waals surface area contributed by atoms with Crippen LogP contribution in [0.25, 0.3) is 0 Å². The zero-order valence-electron chi connectivity index (χ0n) is 13.1. The molecule has 2 rings (SSSR count). The molecule has 0 radical (unpaired) electrons. The first kappa shape index (κ1) is 17.9. The highest BCUT2D eigenvalue weighted by atomic mass is 79.9. The van der Waals surface area contributed by atoms with Gasteiger partial charge in [-0.2, -0.15) is 0 Å². The van der Waals surface area contributed by atoms with Crippen LogP contribution in [0.4, 0.5) is 4.39 Å². The summed E-state index contributed by atoms with van der Waals surface area (Å²) in [7, 11) is 0. The molecule has 5 nitrogen and oxygen atoms in total. The highest BCUT2D eigenvalue weighted by molar-refractivity contribution is 9.10. The van der Waals surface area contributed by atoms with E-state index in [2.05, 4.69) is 21.2 Å². The predicted octanol–water partition coefficient (Wildman–Crippen LogP) is 1.87. The fourth-order valence-corrected chi connectivity index (χ4v) is 2.99. The second-order valence-corrected chi connectivity index (χ2v) is 6.40. The van der Waals surface area contributed by atoms with Crippen LogP contribution in [0, 0.1) is 5.82 Å². The summed E-state index contributed by atoms with van der Waals surface area (Å²) in [6.07, 6.45) is 0.917. The Bertz CT molecular complexity index is 574. The summed E-state index contributed by atoms with van der Waals surface area (Å²) in [6.45, 7) is 5.50. The second-order valence-electron chi connectivity index (χ2n) is 5.54. The Morgan fingerprint density at radius 2 is 1.96 bits per heavy atom. The molecule has 0 aliphatic carbocycles. The summed E-state index contributed by atoms with van der Waals surface area (Å²) in [5.74, 6) is -0.476. The van der Waals surface area contributed by atoms with Gasteiger partial charge < -0.3 is 10.2 Å². The number of hydrogen-bond acceptors (Lipinski definition) is 3. The number of piperazine rings is 1. The van der Waals surface area contributed by atoms with E-state index in [1.807, 2.05) is 11.8 Å². The number of nitrogens with zero attached hydrogens (tertiary/aromatic N) is 2. The van der Waals surface area contributed by atoms with E-state index < -0.39 is 0 Å². The summed E-state index contributed by atoms with van der Waals surface area (Å²) < 4.78 is 13.6. The van der Waals surface area contributed by atoms with Gasteiger partial charge in [0.1, 0.15) is 5.82 Å². The lowest BCUT2D eigenvalue weighted by molar-refractivity contribution is -0.122. The van der Waals surface area contributed by atoms with Crippen LogP contribution >= 0.6 is 15.9 Å². The van der Waals surface area contributed by atoms with Crippen molar-refractivity contribution in [3.63, 3.8) is 0 Å². The molecule has 1 aromatic carbocycles. The minimum Gasteiger partial charge on any atom is -0.355 e. The minimum atomic E-state index is -0.378. The molecule has 1 aromatic rings. The molecule has 1 heterocycles. The summed E-state index contributed by atoms with van der Waals surface area (Å²) in [6, 6.07) is 4.07. The van der Waals surface area contributed by atoms with Gasteiger partial charge in [-0.3, -0.25) is 14.5 Å². The quantitative estimate of drug-likeness (QED) is 0.841. The lowest BCUT2D eigenvalue weighted by Gasteiger charge is -2.34. The minimum absolute atomic E-state index is 0.0212. The Balaban J connectivity index is 1.86. The fraction of sp³-hybridized carbons (Fsp3) is 0.500. The van der Waals surface area contributed by atoms with Crippen molar-refractivity contribution in [1.82, 2.24) is 15.1 Å². The Morgan fingerprint density at radius 3 is 2.57 bits per heavy atom. The molecule has 126 valence electrons. The molecule has 0 bridgehead atoms. The third-order valence-electron chi connectivity index (χ3n) is 3.76. The van der Waals surface area contributed by atoms with Gasteiger partial charge in [-0.1, -0.05) is 6.92 Å². The average Bonchev–Trinajstić information content (AvgIpc) is 2.53.